The molecule has 0 radical (unpaired) electrons. The van der Waals surface area contributed by atoms with Crippen LogP contribution in [0.25, 0.3) is 0 Å². The highest BCUT2D eigenvalue weighted by Crippen LogP contribution is 2.16. The Hall–Kier alpha value is -0.720. The molecule has 1 atom stereocenters. The Labute approximate surface area is 208 Å². The van der Waals surface area contributed by atoms with E-state index in [2.05, 4.69) is 20.0 Å². The van der Waals surface area contributed by atoms with Gasteiger partial charge in [-0.15, -0.1) is 0 Å². The second kappa shape index (κ2) is 29.3. The summed E-state index contributed by atoms with van der Waals surface area (Å²) in [7, 11) is 0. The number of ether oxygens (including phenoxy) is 3. The second-order valence-electron chi connectivity index (χ2n) is 9.66. The first kappa shape index (κ1) is 32.3. The van der Waals surface area contributed by atoms with E-state index in [4.69, 9.17) is 20.6 Å². The highest BCUT2D eigenvalue weighted by atomic mass is 16.5. The molecule has 196 valence electrons. The van der Waals surface area contributed by atoms with Crippen molar-refractivity contribution in [2.45, 2.75) is 155 Å². The Morgan fingerprint density at radius 3 is 1.58 bits per heavy atom. The molecule has 0 heterocycles. The Morgan fingerprint density at radius 1 is 0.515 bits per heavy atom. The van der Waals surface area contributed by atoms with Crippen molar-refractivity contribution in [1.82, 2.24) is 0 Å². The fourth-order valence-electron chi connectivity index (χ4n) is 4.37. The lowest BCUT2D eigenvalue weighted by atomic mass is 10.0. The molecule has 3 heteroatoms. The first-order chi connectivity index (χ1) is 16.3. The van der Waals surface area contributed by atoms with E-state index in [1.54, 1.807) is 0 Å². The highest BCUT2D eigenvalue weighted by molar-refractivity contribution is 4.67. The number of terminal acetylenes is 1. The largest absolute Gasteiger partial charge is 0.444 e. The van der Waals surface area contributed by atoms with Gasteiger partial charge in [0.25, 0.3) is 0 Å². The predicted molar refractivity (Wildman–Crippen MR) is 144 cm³/mol. The van der Waals surface area contributed by atoms with Crippen LogP contribution >= 0.6 is 0 Å². The van der Waals surface area contributed by atoms with Crippen LogP contribution in [0.15, 0.2) is 0 Å². The zero-order valence-electron chi connectivity index (χ0n) is 22.6. The first-order valence-corrected chi connectivity index (χ1v) is 14.6. The highest BCUT2D eigenvalue weighted by Gasteiger charge is 2.07. The van der Waals surface area contributed by atoms with Gasteiger partial charge in [0.2, 0.25) is 0 Å². The third-order valence-corrected chi connectivity index (χ3v) is 6.44. The molecule has 0 amide bonds. The van der Waals surface area contributed by atoms with E-state index in [0.717, 1.165) is 19.6 Å². The summed E-state index contributed by atoms with van der Waals surface area (Å²) in [5.41, 5.74) is 0. The molecule has 0 aliphatic carbocycles. The maximum atomic E-state index is 6.24. The molecule has 0 aliphatic rings. The van der Waals surface area contributed by atoms with Gasteiger partial charge in [-0.25, -0.2) is 0 Å². The van der Waals surface area contributed by atoms with Crippen molar-refractivity contribution >= 4 is 0 Å². The van der Waals surface area contributed by atoms with E-state index >= 15 is 0 Å². The second-order valence-corrected chi connectivity index (χ2v) is 9.66. The van der Waals surface area contributed by atoms with E-state index in [9.17, 15) is 0 Å². The standard InChI is InChI=1S/C30H58O3/c1-4-7-8-9-10-11-12-15-18-21-25-30(24-5-2)33-27-23-20-17-14-13-16-19-22-26-32-29-28-31-6-3/h3,30H,4-5,7-29H2,1-2H3. The Balaban J connectivity index is 3.37. The molecular weight excluding hydrogens is 408 g/mol. The molecule has 0 rings (SSSR count). The van der Waals surface area contributed by atoms with E-state index in [1.165, 1.54) is 128 Å². The number of hydrogen-bond acceptors (Lipinski definition) is 3. The maximum Gasteiger partial charge on any atom is 0.123 e. The summed E-state index contributed by atoms with van der Waals surface area (Å²) in [6.07, 6.45) is 35.9. The van der Waals surface area contributed by atoms with Gasteiger partial charge in [0, 0.05) is 13.2 Å². The van der Waals surface area contributed by atoms with Crippen LogP contribution in [0, 0.1) is 12.5 Å². The first-order valence-electron chi connectivity index (χ1n) is 14.6. The third-order valence-electron chi connectivity index (χ3n) is 6.44. The van der Waals surface area contributed by atoms with Crippen LogP contribution in [0.5, 0.6) is 0 Å². The lowest BCUT2D eigenvalue weighted by Crippen LogP contribution is -2.13. The molecule has 0 spiro atoms. The van der Waals surface area contributed by atoms with Crippen LogP contribution in [0.1, 0.15) is 149 Å². The minimum atomic E-state index is 0.499. The fraction of sp³-hybridized carbons (Fsp3) is 0.933. The summed E-state index contributed by atoms with van der Waals surface area (Å²) >= 11 is 0. The summed E-state index contributed by atoms with van der Waals surface area (Å²) < 4.78 is 16.5. The van der Waals surface area contributed by atoms with E-state index in [0.29, 0.717) is 19.3 Å². The van der Waals surface area contributed by atoms with Crippen molar-refractivity contribution < 1.29 is 14.2 Å². The molecule has 0 aliphatic heterocycles. The molecule has 0 bridgehead atoms. The molecule has 3 nitrogen and oxygen atoms in total. The van der Waals surface area contributed by atoms with Crippen molar-refractivity contribution in [2.75, 3.05) is 26.4 Å². The van der Waals surface area contributed by atoms with Gasteiger partial charge in [0.1, 0.15) is 12.7 Å². The maximum absolute atomic E-state index is 6.24. The summed E-state index contributed by atoms with van der Waals surface area (Å²) in [4.78, 5) is 0. The minimum Gasteiger partial charge on any atom is -0.444 e. The van der Waals surface area contributed by atoms with Gasteiger partial charge < -0.3 is 14.2 Å². The van der Waals surface area contributed by atoms with Crippen LogP contribution in [-0.2, 0) is 14.2 Å². The number of hydrogen-bond donors (Lipinski definition) is 0. The topological polar surface area (TPSA) is 27.7 Å². The lowest BCUT2D eigenvalue weighted by Gasteiger charge is -2.17. The molecule has 0 fully saturated rings. The quantitative estimate of drug-likeness (QED) is 0.0849. The fourth-order valence-corrected chi connectivity index (χ4v) is 4.37. The molecule has 0 aromatic rings. The third kappa shape index (κ3) is 27.4. The van der Waals surface area contributed by atoms with Crippen molar-refractivity contribution in [3.8, 4) is 12.5 Å². The van der Waals surface area contributed by atoms with Crippen LogP contribution in [-0.4, -0.2) is 32.5 Å². The van der Waals surface area contributed by atoms with Crippen molar-refractivity contribution in [2.24, 2.45) is 0 Å². The van der Waals surface area contributed by atoms with Gasteiger partial charge in [-0.05, 0) is 25.7 Å². The molecule has 0 saturated carbocycles. The van der Waals surface area contributed by atoms with Crippen LogP contribution in [0.3, 0.4) is 0 Å². The summed E-state index contributed by atoms with van der Waals surface area (Å²) in [5, 5.41) is 0. The molecule has 33 heavy (non-hydrogen) atoms. The van der Waals surface area contributed by atoms with Gasteiger partial charge in [-0.1, -0.05) is 129 Å². The van der Waals surface area contributed by atoms with Gasteiger partial charge in [0.15, 0.2) is 0 Å². The van der Waals surface area contributed by atoms with E-state index in [-0.39, 0.29) is 0 Å². The summed E-state index contributed by atoms with van der Waals surface area (Å²) in [5.74, 6) is 0. The lowest BCUT2D eigenvalue weighted by molar-refractivity contribution is 0.0370. The SMILES string of the molecule is C#COCCOCCCCCCCCCCOC(CCC)CCCCCCCCCCCC. The van der Waals surface area contributed by atoms with Gasteiger partial charge in [0.05, 0.1) is 12.7 Å². The average molecular weight is 467 g/mol. The molecule has 0 aromatic heterocycles. The summed E-state index contributed by atoms with van der Waals surface area (Å²) in [6, 6.07) is 0. The minimum absolute atomic E-state index is 0.499. The monoisotopic (exact) mass is 466 g/mol. The Bertz CT molecular complexity index is 390. The molecule has 1 unspecified atom stereocenters. The van der Waals surface area contributed by atoms with Crippen molar-refractivity contribution in [1.29, 1.82) is 0 Å². The average Bonchev–Trinajstić information content (AvgIpc) is 2.82. The molecule has 0 saturated heterocycles. The van der Waals surface area contributed by atoms with Gasteiger partial charge in [-0.2, -0.15) is 0 Å². The molecular formula is C30H58O3. The molecule has 0 N–H and O–H groups in total. The van der Waals surface area contributed by atoms with Gasteiger partial charge in [-0.3, -0.25) is 0 Å². The van der Waals surface area contributed by atoms with Crippen molar-refractivity contribution in [3.63, 3.8) is 0 Å². The van der Waals surface area contributed by atoms with Crippen LogP contribution in [0.4, 0.5) is 0 Å². The van der Waals surface area contributed by atoms with Crippen molar-refractivity contribution in [3.05, 3.63) is 0 Å². The normalized spacial score (nSPS) is 12.0. The zero-order chi connectivity index (χ0) is 24.1. The van der Waals surface area contributed by atoms with Gasteiger partial charge >= 0.3 is 0 Å². The van der Waals surface area contributed by atoms with E-state index < -0.39 is 0 Å². The predicted octanol–water partition coefficient (Wildman–Crippen LogP) is 9.23. The Kier molecular flexibility index (Phi) is 28.7. The Morgan fingerprint density at radius 2 is 1.03 bits per heavy atom. The zero-order valence-corrected chi connectivity index (χ0v) is 22.6. The van der Waals surface area contributed by atoms with E-state index in [1.807, 2.05) is 0 Å². The molecule has 0 aromatic carbocycles. The summed E-state index contributed by atoms with van der Waals surface area (Å²) in [6.45, 7) is 7.46. The van der Waals surface area contributed by atoms with Crippen LogP contribution < -0.4 is 0 Å². The number of rotatable bonds is 28. The number of unbranched alkanes of at least 4 members (excludes halogenated alkanes) is 16. The smallest absolute Gasteiger partial charge is 0.123 e. The van der Waals surface area contributed by atoms with Crippen LogP contribution in [0.2, 0.25) is 0 Å².